The number of sulfone groups is 1. The van der Waals surface area contributed by atoms with Crippen LogP contribution in [0.15, 0.2) is 54.7 Å². The summed E-state index contributed by atoms with van der Waals surface area (Å²) in [5, 5.41) is 4.15. The molecule has 1 aliphatic heterocycles. The first kappa shape index (κ1) is 30.8. The summed E-state index contributed by atoms with van der Waals surface area (Å²) in [6.07, 6.45) is 6.06. The zero-order chi connectivity index (χ0) is 30.4. The lowest BCUT2D eigenvalue weighted by atomic mass is 10.1. The molecule has 0 saturated carbocycles. The topological polar surface area (TPSA) is 107 Å². The number of anilines is 2. The van der Waals surface area contributed by atoms with Crippen molar-refractivity contribution in [3.8, 4) is 33.3 Å². The SMILES string of the molecule is CCCc1nc(-c2cccc(OC)c2)c(-c2ccnc(Nc3ccc(OC4CCN(CCS(C)(=O)=O)CC4)c(F)c3)n2)s1. The van der Waals surface area contributed by atoms with Crippen LogP contribution in [-0.2, 0) is 16.3 Å². The van der Waals surface area contributed by atoms with Gasteiger partial charge in [-0.25, -0.2) is 27.8 Å². The van der Waals surface area contributed by atoms with Crippen LogP contribution in [0, 0.1) is 5.82 Å². The van der Waals surface area contributed by atoms with E-state index in [9.17, 15) is 8.42 Å². The molecule has 0 unspecified atom stereocenters. The molecule has 43 heavy (non-hydrogen) atoms. The largest absolute Gasteiger partial charge is 0.497 e. The van der Waals surface area contributed by atoms with E-state index in [0.29, 0.717) is 44.1 Å². The lowest BCUT2D eigenvalue weighted by Gasteiger charge is -2.32. The van der Waals surface area contributed by atoms with Gasteiger partial charge < -0.3 is 19.7 Å². The van der Waals surface area contributed by atoms with Crippen molar-refractivity contribution in [3.05, 3.63) is 65.6 Å². The molecule has 0 radical (unpaired) electrons. The molecule has 2 aromatic carbocycles. The van der Waals surface area contributed by atoms with Crippen molar-refractivity contribution in [2.45, 2.75) is 38.7 Å². The number of nitrogens with zero attached hydrogens (tertiary/aromatic N) is 4. The Morgan fingerprint density at radius 1 is 1.12 bits per heavy atom. The van der Waals surface area contributed by atoms with Crippen molar-refractivity contribution in [3.63, 3.8) is 0 Å². The predicted octanol–water partition coefficient (Wildman–Crippen LogP) is 6.00. The third-order valence-electron chi connectivity index (χ3n) is 7.16. The summed E-state index contributed by atoms with van der Waals surface area (Å²) < 4.78 is 49.3. The van der Waals surface area contributed by atoms with Crippen molar-refractivity contribution >= 4 is 32.8 Å². The Hall–Kier alpha value is -3.61. The minimum atomic E-state index is -3.00. The smallest absolute Gasteiger partial charge is 0.227 e. The van der Waals surface area contributed by atoms with E-state index in [-0.39, 0.29) is 17.6 Å². The van der Waals surface area contributed by atoms with Crippen molar-refractivity contribution in [2.24, 2.45) is 0 Å². The van der Waals surface area contributed by atoms with Gasteiger partial charge in [-0.05, 0) is 56.0 Å². The van der Waals surface area contributed by atoms with Crippen LogP contribution < -0.4 is 14.8 Å². The molecule has 0 atom stereocenters. The summed E-state index contributed by atoms with van der Waals surface area (Å²) in [7, 11) is -1.35. The standard InChI is InChI=1S/C31H36FN5O4S2/c1-4-6-28-36-29(21-7-5-8-24(19-21)40-2)30(42-28)26-11-14-33-31(35-26)34-22-9-10-27(25(32)20-22)41-23-12-15-37(16-13-23)17-18-43(3,38)39/h5,7-11,14,19-20,23H,4,6,12-13,15-18H2,1-3H3,(H,33,34,35). The number of ether oxygens (including phenoxy) is 2. The maximum atomic E-state index is 15.1. The summed E-state index contributed by atoms with van der Waals surface area (Å²) >= 11 is 1.61. The zero-order valence-electron chi connectivity index (χ0n) is 24.5. The van der Waals surface area contributed by atoms with Crippen LogP contribution in [-0.4, -0.2) is 73.1 Å². The third kappa shape index (κ3) is 8.27. The predicted molar refractivity (Wildman–Crippen MR) is 169 cm³/mol. The number of hydrogen-bond acceptors (Lipinski definition) is 10. The van der Waals surface area contributed by atoms with E-state index in [1.807, 2.05) is 30.3 Å². The number of hydrogen-bond donors (Lipinski definition) is 1. The van der Waals surface area contributed by atoms with Gasteiger partial charge in [-0.3, -0.25) is 0 Å². The highest BCUT2D eigenvalue weighted by Crippen LogP contribution is 2.38. The van der Waals surface area contributed by atoms with Gasteiger partial charge in [0.2, 0.25) is 5.95 Å². The van der Waals surface area contributed by atoms with Crippen LogP contribution in [0.5, 0.6) is 11.5 Å². The fourth-order valence-electron chi connectivity index (χ4n) is 4.90. The van der Waals surface area contributed by atoms with Gasteiger partial charge in [0.25, 0.3) is 0 Å². The fraction of sp³-hybridized carbons (Fsp3) is 0.387. The van der Waals surface area contributed by atoms with Gasteiger partial charge in [0.1, 0.15) is 21.7 Å². The molecule has 3 heterocycles. The van der Waals surface area contributed by atoms with E-state index in [1.165, 1.54) is 12.3 Å². The first-order chi connectivity index (χ1) is 20.7. The van der Waals surface area contributed by atoms with Crippen molar-refractivity contribution < 1.29 is 22.3 Å². The van der Waals surface area contributed by atoms with Gasteiger partial charge in [0.05, 0.1) is 34.1 Å². The molecular formula is C31H36FN5O4S2. The highest BCUT2D eigenvalue weighted by molar-refractivity contribution is 7.90. The van der Waals surface area contributed by atoms with E-state index in [2.05, 4.69) is 22.1 Å². The number of piperidine rings is 1. The molecule has 0 amide bonds. The molecule has 1 N–H and O–H groups in total. The van der Waals surface area contributed by atoms with Crippen molar-refractivity contribution in [2.75, 3.05) is 44.1 Å². The molecule has 0 spiro atoms. The van der Waals surface area contributed by atoms with Crippen LogP contribution >= 0.6 is 11.3 Å². The summed E-state index contributed by atoms with van der Waals surface area (Å²) in [5.74, 6) is 0.942. The second kappa shape index (κ2) is 13.8. The van der Waals surface area contributed by atoms with Gasteiger partial charge in [-0.1, -0.05) is 19.1 Å². The molecule has 0 aliphatic carbocycles. The van der Waals surface area contributed by atoms with Crippen LogP contribution in [0.4, 0.5) is 16.0 Å². The van der Waals surface area contributed by atoms with E-state index >= 15 is 4.39 Å². The molecule has 1 saturated heterocycles. The lowest BCUT2D eigenvalue weighted by molar-refractivity contribution is 0.100. The Balaban J connectivity index is 1.27. The molecular weight excluding hydrogens is 590 g/mol. The fourth-order valence-corrected chi connectivity index (χ4v) is 6.65. The summed E-state index contributed by atoms with van der Waals surface area (Å²) in [6, 6.07) is 14.4. The molecule has 12 heteroatoms. The Bertz CT molecular complexity index is 1660. The Morgan fingerprint density at radius 3 is 2.65 bits per heavy atom. The van der Waals surface area contributed by atoms with E-state index in [1.54, 1.807) is 36.8 Å². The number of benzene rings is 2. The third-order valence-corrected chi connectivity index (χ3v) is 9.22. The van der Waals surface area contributed by atoms with Crippen molar-refractivity contribution in [1.82, 2.24) is 19.9 Å². The Kier molecular flexibility index (Phi) is 9.89. The quantitative estimate of drug-likeness (QED) is 0.203. The number of thiazole rings is 1. The van der Waals surface area contributed by atoms with E-state index < -0.39 is 15.7 Å². The van der Waals surface area contributed by atoms with Crippen LogP contribution in [0.1, 0.15) is 31.2 Å². The Labute approximate surface area is 256 Å². The molecule has 1 fully saturated rings. The molecule has 9 nitrogen and oxygen atoms in total. The first-order valence-electron chi connectivity index (χ1n) is 14.3. The molecule has 0 bridgehead atoms. The van der Waals surface area contributed by atoms with Crippen LogP contribution in [0.2, 0.25) is 0 Å². The number of halogens is 1. The van der Waals surface area contributed by atoms with Crippen LogP contribution in [0.25, 0.3) is 21.8 Å². The first-order valence-corrected chi connectivity index (χ1v) is 17.2. The zero-order valence-corrected chi connectivity index (χ0v) is 26.2. The van der Waals surface area contributed by atoms with Gasteiger partial charge >= 0.3 is 0 Å². The normalized spacial score (nSPS) is 14.5. The van der Waals surface area contributed by atoms with Gasteiger partial charge in [0.15, 0.2) is 11.6 Å². The summed E-state index contributed by atoms with van der Waals surface area (Å²) in [6.45, 7) is 4.07. The number of rotatable bonds is 12. The van der Waals surface area contributed by atoms with Gasteiger partial charge in [-0.15, -0.1) is 11.3 Å². The maximum Gasteiger partial charge on any atom is 0.227 e. The minimum Gasteiger partial charge on any atom is -0.497 e. The van der Waals surface area contributed by atoms with Crippen LogP contribution in [0.3, 0.4) is 0 Å². The summed E-state index contributed by atoms with van der Waals surface area (Å²) in [5.41, 5.74) is 3.00. The Morgan fingerprint density at radius 2 is 1.93 bits per heavy atom. The summed E-state index contributed by atoms with van der Waals surface area (Å²) in [4.78, 5) is 17.1. The monoisotopic (exact) mass is 625 g/mol. The molecule has 1 aliphatic rings. The molecule has 4 aromatic rings. The minimum absolute atomic E-state index is 0.126. The van der Waals surface area contributed by atoms with E-state index in [4.69, 9.17) is 19.4 Å². The molecule has 228 valence electrons. The number of likely N-dealkylation sites (tertiary alicyclic amines) is 1. The molecule has 2 aromatic heterocycles. The second-order valence-corrected chi connectivity index (χ2v) is 13.9. The highest BCUT2D eigenvalue weighted by atomic mass is 32.2. The molecule has 5 rings (SSSR count). The van der Waals surface area contributed by atoms with Gasteiger partial charge in [0, 0.05) is 49.4 Å². The van der Waals surface area contributed by atoms with Crippen molar-refractivity contribution in [1.29, 1.82) is 0 Å². The number of methoxy groups -OCH3 is 1. The number of aromatic nitrogens is 3. The number of nitrogens with one attached hydrogen (secondary N) is 1. The van der Waals surface area contributed by atoms with E-state index in [0.717, 1.165) is 45.4 Å². The average molecular weight is 626 g/mol. The van der Waals surface area contributed by atoms with Gasteiger partial charge in [-0.2, -0.15) is 0 Å². The maximum absolute atomic E-state index is 15.1. The average Bonchev–Trinajstić information content (AvgIpc) is 3.42. The lowest BCUT2D eigenvalue weighted by Crippen LogP contribution is -2.40. The second-order valence-electron chi connectivity index (χ2n) is 10.6. The highest BCUT2D eigenvalue weighted by Gasteiger charge is 2.23. The number of aryl methyl sites for hydroxylation is 1.